The minimum absolute atomic E-state index is 0.00521. The Morgan fingerprint density at radius 2 is 1.43 bits per heavy atom. The van der Waals surface area contributed by atoms with Gasteiger partial charge in [0.15, 0.2) is 0 Å². The van der Waals surface area contributed by atoms with Crippen LogP contribution in [0, 0.1) is 0 Å². The summed E-state index contributed by atoms with van der Waals surface area (Å²) in [6, 6.07) is 24.8. The number of aromatic hydroxyl groups is 1. The number of aromatic nitrogens is 2. The highest BCUT2D eigenvalue weighted by Gasteiger charge is 2.24. The summed E-state index contributed by atoms with van der Waals surface area (Å²) in [5, 5.41) is 16.7. The number of amides is 1. The van der Waals surface area contributed by atoms with Crippen LogP contribution < -0.4 is 10.9 Å². The normalized spacial score (nSPS) is 10.6. The van der Waals surface area contributed by atoms with Crippen molar-refractivity contribution in [2.24, 2.45) is 7.05 Å². The fourth-order valence-corrected chi connectivity index (χ4v) is 3.27. The van der Waals surface area contributed by atoms with Crippen molar-refractivity contribution in [1.82, 2.24) is 9.78 Å². The van der Waals surface area contributed by atoms with Gasteiger partial charge in [-0.05, 0) is 29.8 Å². The van der Waals surface area contributed by atoms with Crippen molar-refractivity contribution < 1.29 is 9.90 Å². The molecule has 0 fully saturated rings. The Hall–Kier alpha value is -4.19. The van der Waals surface area contributed by atoms with Gasteiger partial charge in [-0.2, -0.15) is 5.10 Å². The van der Waals surface area contributed by atoms with Crippen LogP contribution in [-0.2, 0) is 7.05 Å². The lowest BCUT2D eigenvalue weighted by Crippen LogP contribution is -2.31. The maximum atomic E-state index is 13.2. The predicted octanol–water partition coefficient (Wildman–Crippen LogP) is 4.07. The number of anilines is 1. The van der Waals surface area contributed by atoms with Crippen LogP contribution in [0.4, 0.5) is 5.69 Å². The molecule has 0 bridgehead atoms. The fraction of sp³-hybridized carbons (Fsp3) is 0.0417. The van der Waals surface area contributed by atoms with Gasteiger partial charge in [-0.15, -0.1) is 0 Å². The molecule has 0 saturated carbocycles. The van der Waals surface area contributed by atoms with E-state index in [2.05, 4.69) is 10.4 Å². The highest BCUT2D eigenvalue weighted by molar-refractivity contribution is 6.10. The standard InChI is InChI=1S/C24H19N3O3/c1-27-24(30)21(23(29)25-18-12-14-19(28)15-13-18)20(16-8-4-2-5-9-16)22(26-27)17-10-6-3-7-11-17/h2-15,28H,1H3,(H,25,29). The van der Waals surface area contributed by atoms with Gasteiger partial charge in [-0.3, -0.25) is 9.59 Å². The Bertz CT molecular complexity index is 1250. The highest BCUT2D eigenvalue weighted by Crippen LogP contribution is 2.32. The third kappa shape index (κ3) is 3.71. The molecule has 0 unspecified atom stereocenters. The summed E-state index contributed by atoms with van der Waals surface area (Å²) in [6.45, 7) is 0. The molecule has 1 aromatic heterocycles. The van der Waals surface area contributed by atoms with E-state index in [1.54, 1.807) is 12.1 Å². The van der Waals surface area contributed by atoms with E-state index >= 15 is 0 Å². The lowest BCUT2D eigenvalue weighted by molar-refractivity contribution is 0.102. The van der Waals surface area contributed by atoms with Gasteiger partial charge in [-0.1, -0.05) is 60.7 Å². The number of phenols is 1. The van der Waals surface area contributed by atoms with Gasteiger partial charge in [0.1, 0.15) is 11.3 Å². The summed E-state index contributed by atoms with van der Waals surface area (Å²) in [4.78, 5) is 26.3. The lowest BCUT2D eigenvalue weighted by atomic mass is 9.95. The lowest BCUT2D eigenvalue weighted by Gasteiger charge is -2.16. The number of carbonyl (C=O) groups is 1. The molecule has 4 rings (SSSR count). The van der Waals surface area contributed by atoms with Crippen molar-refractivity contribution >= 4 is 11.6 Å². The number of hydrogen-bond acceptors (Lipinski definition) is 4. The molecular weight excluding hydrogens is 378 g/mol. The van der Waals surface area contributed by atoms with Crippen LogP contribution in [0.1, 0.15) is 10.4 Å². The highest BCUT2D eigenvalue weighted by atomic mass is 16.3. The first-order chi connectivity index (χ1) is 14.5. The van der Waals surface area contributed by atoms with E-state index in [1.807, 2.05) is 60.7 Å². The van der Waals surface area contributed by atoms with Crippen LogP contribution in [0.5, 0.6) is 5.75 Å². The van der Waals surface area contributed by atoms with Crippen LogP contribution in [0.25, 0.3) is 22.4 Å². The quantitative estimate of drug-likeness (QED) is 0.509. The van der Waals surface area contributed by atoms with Crippen LogP contribution in [0.3, 0.4) is 0 Å². The van der Waals surface area contributed by atoms with E-state index in [1.165, 1.54) is 23.9 Å². The molecule has 0 aliphatic carbocycles. The van der Waals surface area contributed by atoms with Gasteiger partial charge in [0.2, 0.25) is 0 Å². The molecule has 3 aromatic carbocycles. The van der Waals surface area contributed by atoms with Crippen LogP contribution in [0.2, 0.25) is 0 Å². The topological polar surface area (TPSA) is 84.2 Å². The monoisotopic (exact) mass is 397 g/mol. The van der Waals surface area contributed by atoms with Gasteiger partial charge in [0.05, 0.1) is 5.69 Å². The summed E-state index contributed by atoms with van der Waals surface area (Å²) in [7, 11) is 1.53. The largest absolute Gasteiger partial charge is 0.508 e. The number of carbonyl (C=O) groups excluding carboxylic acids is 1. The van der Waals surface area contributed by atoms with Crippen molar-refractivity contribution in [1.29, 1.82) is 0 Å². The third-order valence-electron chi connectivity index (χ3n) is 4.71. The Balaban J connectivity index is 1.94. The van der Waals surface area contributed by atoms with E-state index < -0.39 is 11.5 Å². The van der Waals surface area contributed by atoms with Crippen molar-refractivity contribution in [3.05, 3.63) is 101 Å². The molecule has 0 saturated heterocycles. The van der Waals surface area contributed by atoms with Gasteiger partial charge >= 0.3 is 0 Å². The summed E-state index contributed by atoms with van der Waals surface area (Å²) in [6.07, 6.45) is 0. The zero-order chi connectivity index (χ0) is 21.1. The molecule has 0 radical (unpaired) electrons. The number of rotatable bonds is 4. The summed E-state index contributed by atoms with van der Waals surface area (Å²) < 4.78 is 1.18. The molecule has 148 valence electrons. The number of benzene rings is 3. The van der Waals surface area contributed by atoms with Gasteiger partial charge < -0.3 is 10.4 Å². The summed E-state index contributed by atoms with van der Waals surface area (Å²) in [5.41, 5.74) is 2.51. The van der Waals surface area contributed by atoms with Crippen molar-refractivity contribution in [3.8, 4) is 28.1 Å². The zero-order valence-corrected chi connectivity index (χ0v) is 16.2. The fourth-order valence-electron chi connectivity index (χ4n) is 3.27. The second kappa shape index (κ2) is 8.05. The number of nitrogens with zero attached hydrogens (tertiary/aromatic N) is 2. The molecule has 0 spiro atoms. The molecule has 0 aliphatic rings. The van der Waals surface area contributed by atoms with E-state index in [-0.39, 0.29) is 11.3 Å². The van der Waals surface area contributed by atoms with Gasteiger partial charge in [-0.25, -0.2) is 4.68 Å². The SMILES string of the molecule is Cn1nc(-c2ccccc2)c(-c2ccccc2)c(C(=O)Nc2ccc(O)cc2)c1=O. The van der Waals surface area contributed by atoms with E-state index in [0.29, 0.717) is 16.9 Å². The Morgan fingerprint density at radius 1 is 0.867 bits per heavy atom. The number of nitrogens with one attached hydrogen (secondary N) is 1. The number of aryl methyl sites for hydroxylation is 1. The second-order valence-corrected chi connectivity index (χ2v) is 6.76. The molecule has 0 atom stereocenters. The number of hydrogen-bond donors (Lipinski definition) is 2. The predicted molar refractivity (Wildman–Crippen MR) is 116 cm³/mol. The molecule has 30 heavy (non-hydrogen) atoms. The van der Waals surface area contributed by atoms with Crippen LogP contribution >= 0.6 is 0 Å². The van der Waals surface area contributed by atoms with Crippen molar-refractivity contribution in [2.75, 3.05) is 5.32 Å². The summed E-state index contributed by atoms with van der Waals surface area (Å²) >= 11 is 0. The second-order valence-electron chi connectivity index (χ2n) is 6.76. The maximum absolute atomic E-state index is 13.2. The maximum Gasteiger partial charge on any atom is 0.280 e. The smallest absolute Gasteiger partial charge is 0.280 e. The Morgan fingerprint density at radius 3 is 2.03 bits per heavy atom. The van der Waals surface area contributed by atoms with Gasteiger partial charge in [0.25, 0.3) is 11.5 Å². The average Bonchev–Trinajstić information content (AvgIpc) is 2.78. The van der Waals surface area contributed by atoms with Crippen LogP contribution in [-0.4, -0.2) is 20.8 Å². The van der Waals surface area contributed by atoms with Crippen molar-refractivity contribution in [2.45, 2.75) is 0 Å². The Kier molecular flexibility index (Phi) is 5.13. The molecule has 1 amide bonds. The molecule has 6 nitrogen and oxygen atoms in total. The first kappa shape index (κ1) is 19.1. The molecule has 6 heteroatoms. The molecule has 1 heterocycles. The zero-order valence-electron chi connectivity index (χ0n) is 16.2. The molecule has 4 aromatic rings. The number of phenolic OH excluding ortho intramolecular Hbond substituents is 1. The van der Waals surface area contributed by atoms with Crippen LogP contribution in [0.15, 0.2) is 89.7 Å². The summed E-state index contributed by atoms with van der Waals surface area (Å²) in [5.74, 6) is -0.455. The first-order valence-electron chi connectivity index (χ1n) is 9.37. The minimum Gasteiger partial charge on any atom is -0.508 e. The van der Waals surface area contributed by atoms with Gasteiger partial charge in [0, 0.05) is 23.9 Å². The van der Waals surface area contributed by atoms with E-state index in [0.717, 1.165) is 11.1 Å². The Labute approximate surface area is 173 Å². The van der Waals surface area contributed by atoms with Crippen molar-refractivity contribution in [3.63, 3.8) is 0 Å². The molecule has 2 N–H and O–H groups in total. The van der Waals surface area contributed by atoms with E-state index in [9.17, 15) is 14.7 Å². The van der Waals surface area contributed by atoms with E-state index in [4.69, 9.17) is 0 Å². The third-order valence-corrected chi connectivity index (χ3v) is 4.71. The molecule has 0 aliphatic heterocycles. The minimum atomic E-state index is -0.542. The first-order valence-corrected chi connectivity index (χ1v) is 9.37. The average molecular weight is 397 g/mol. The molecular formula is C24H19N3O3.